The van der Waals surface area contributed by atoms with Crippen LogP contribution in [0.25, 0.3) is 34.0 Å². The predicted molar refractivity (Wildman–Crippen MR) is 92.9 cm³/mol. The van der Waals surface area contributed by atoms with E-state index in [0.29, 0.717) is 5.82 Å². The first-order valence-corrected chi connectivity index (χ1v) is 7.67. The van der Waals surface area contributed by atoms with Gasteiger partial charge < -0.3 is 0 Å². The Morgan fingerprint density at radius 1 is 0.708 bits per heavy atom. The molecule has 0 bridgehead atoms. The van der Waals surface area contributed by atoms with Gasteiger partial charge in [0.15, 0.2) is 0 Å². The maximum Gasteiger partial charge on any atom is 0.200 e. The molecule has 0 fully saturated rings. The lowest BCUT2D eigenvalue weighted by molar-refractivity contribution is 0.766. The highest BCUT2D eigenvalue weighted by molar-refractivity contribution is 5.78. The van der Waals surface area contributed by atoms with E-state index in [-0.39, 0.29) is 0 Å². The van der Waals surface area contributed by atoms with Crippen LogP contribution in [0.5, 0.6) is 0 Å². The molecule has 5 nitrogen and oxygen atoms in total. The van der Waals surface area contributed by atoms with Gasteiger partial charge in [0.05, 0.1) is 0 Å². The molecule has 4 rings (SSSR count). The molecule has 2 aromatic carbocycles. The summed E-state index contributed by atoms with van der Waals surface area (Å²) in [6, 6.07) is 21.9. The quantitative estimate of drug-likeness (QED) is 0.580. The highest BCUT2D eigenvalue weighted by Crippen LogP contribution is 2.29. The summed E-state index contributed by atoms with van der Waals surface area (Å²) in [5.74, 6) is 0.563. The molecule has 0 aliphatic heterocycles. The molecule has 116 valence electrons. The fourth-order valence-corrected chi connectivity index (χ4v) is 2.62. The molecular weight excluding hydrogens is 298 g/mol. The fraction of sp³-hybridized carbons (Fsp3) is 0.0526. The summed E-state index contributed by atoms with van der Waals surface area (Å²) in [5, 5.41) is 13.0. The number of aromatic nitrogens is 5. The van der Waals surface area contributed by atoms with Crippen LogP contribution in [0.2, 0.25) is 0 Å². The number of hydrogen-bond donors (Lipinski definition) is 0. The van der Waals surface area contributed by atoms with Crippen LogP contribution in [0, 0.1) is 0 Å². The molecule has 2 heterocycles. The number of aryl methyl sites for hydroxylation is 1. The van der Waals surface area contributed by atoms with E-state index in [1.807, 2.05) is 73.8 Å². The standard InChI is InChI=1S/C19H15N5/c1-24-16(12-13-20-24)19-21-17(14-8-4-2-5-9-14)18(22-23-19)15-10-6-3-7-11-15/h2-13H,1H3. The zero-order valence-electron chi connectivity index (χ0n) is 13.2. The van der Waals surface area contributed by atoms with Gasteiger partial charge in [0.1, 0.15) is 17.1 Å². The van der Waals surface area contributed by atoms with Crippen LogP contribution in [0.1, 0.15) is 0 Å². The normalized spacial score (nSPS) is 10.7. The van der Waals surface area contributed by atoms with E-state index in [9.17, 15) is 0 Å². The zero-order valence-corrected chi connectivity index (χ0v) is 13.2. The molecule has 24 heavy (non-hydrogen) atoms. The van der Waals surface area contributed by atoms with Crippen LogP contribution in [0.3, 0.4) is 0 Å². The highest BCUT2D eigenvalue weighted by atomic mass is 15.3. The maximum atomic E-state index is 4.79. The Morgan fingerprint density at radius 3 is 1.92 bits per heavy atom. The van der Waals surface area contributed by atoms with Gasteiger partial charge in [-0.15, -0.1) is 10.2 Å². The first-order valence-electron chi connectivity index (χ1n) is 7.67. The summed E-state index contributed by atoms with van der Waals surface area (Å²) in [7, 11) is 1.87. The summed E-state index contributed by atoms with van der Waals surface area (Å²) in [6.07, 6.45) is 1.73. The van der Waals surface area contributed by atoms with Gasteiger partial charge in [0.2, 0.25) is 5.82 Å². The molecule has 0 saturated heterocycles. The number of benzene rings is 2. The number of rotatable bonds is 3. The van der Waals surface area contributed by atoms with Crippen molar-refractivity contribution >= 4 is 0 Å². The minimum atomic E-state index is 0.563. The third-order valence-electron chi connectivity index (χ3n) is 3.83. The number of hydrogen-bond acceptors (Lipinski definition) is 4. The summed E-state index contributed by atoms with van der Waals surface area (Å²) in [6.45, 7) is 0. The van der Waals surface area contributed by atoms with E-state index in [2.05, 4.69) is 15.3 Å². The molecule has 0 spiro atoms. The molecule has 0 aliphatic rings. The van der Waals surface area contributed by atoms with Gasteiger partial charge in [-0.25, -0.2) is 4.98 Å². The Bertz CT molecular complexity index is 961. The maximum absolute atomic E-state index is 4.79. The van der Waals surface area contributed by atoms with Crippen LogP contribution in [-0.2, 0) is 7.05 Å². The molecule has 0 N–H and O–H groups in total. The van der Waals surface area contributed by atoms with Gasteiger partial charge in [0.25, 0.3) is 0 Å². The van der Waals surface area contributed by atoms with Gasteiger partial charge in [-0.1, -0.05) is 60.7 Å². The SMILES string of the molecule is Cn1nccc1-c1nnc(-c2ccccc2)c(-c2ccccc2)n1. The third kappa shape index (κ3) is 2.56. The smallest absolute Gasteiger partial charge is 0.200 e. The lowest BCUT2D eigenvalue weighted by Crippen LogP contribution is -2.03. The Kier molecular flexibility index (Phi) is 3.59. The average Bonchev–Trinajstić information content (AvgIpc) is 3.09. The topological polar surface area (TPSA) is 56.5 Å². The molecule has 0 unspecified atom stereocenters. The first-order chi connectivity index (χ1) is 11.8. The van der Waals surface area contributed by atoms with Crippen LogP contribution in [-0.4, -0.2) is 25.0 Å². The summed E-state index contributed by atoms with van der Waals surface area (Å²) in [4.78, 5) is 4.79. The second kappa shape index (κ2) is 6.04. The Balaban J connectivity index is 1.94. The van der Waals surface area contributed by atoms with Gasteiger partial charge in [-0.3, -0.25) is 4.68 Å². The average molecular weight is 313 g/mol. The molecule has 5 heteroatoms. The van der Waals surface area contributed by atoms with Crippen LogP contribution < -0.4 is 0 Å². The van der Waals surface area contributed by atoms with E-state index < -0.39 is 0 Å². The summed E-state index contributed by atoms with van der Waals surface area (Å²) < 4.78 is 1.74. The molecule has 0 aliphatic carbocycles. The van der Waals surface area contributed by atoms with Crippen molar-refractivity contribution in [2.24, 2.45) is 7.05 Å². The Labute approximate surface area is 139 Å². The molecule has 4 aromatic rings. The minimum absolute atomic E-state index is 0.563. The second-order valence-electron chi connectivity index (χ2n) is 5.40. The molecular formula is C19H15N5. The predicted octanol–water partition coefficient (Wildman–Crippen LogP) is 3.61. The van der Waals surface area contributed by atoms with E-state index in [1.165, 1.54) is 0 Å². The van der Waals surface area contributed by atoms with Crippen LogP contribution >= 0.6 is 0 Å². The van der Waals surface area contributed by atoms with Gasteiger partial charge in [-0.05, 0) is 6.07 Å². The second-order valence-corrected chi connectivity index (χ2v) is 5.40. The molecule has 0 saturated carbocycles. The van der Waals surface area contributed by atoms with Crippen molar-refractivity contribution in [1.82, 2.24) is 25.0 Å². The zero-order chi connectivity index (χ0) is 16.4. The van der Waals surface area contributed by atoms with Crippen LogP contribution in [0.4, 0.5) is 0 Å². The van der Waals surface area contributed by atoms with Crippen molar-refractivity contribution in [3.8, 4) is 34.0 Å². The Hall–Kier alpha value is -3.34. The molecule has 0 atom stereocenters. The molecule has 0 radical (unpaired) electrons. The van der Waals surface area contributed by atoms with Crippen LogP contribution in [0.15, 0.2) is 72.9 Å². The summed E-state index contributed by atoms with van der Waals surface area (Å²) >= 11 is 0. The van der Waals surface area contributed by atoms with E-state index in [4.69, 9.17) is 4.98 Å². The van der Waals surface area contributed by atoms with Crippen molar-refractivity contribution in [2.75, 3.05) is 0 Å². The highest BCUT2D eigenvalue weighted by Gasteiger charge is 2.15. The van der Waals surface area contributed by atoms with Crippen molar-refractivity contribution < 1.29 is 0 Å². The number of nitrogens with zero attached hydrogens (tertiary/aromatic N) is 5. The lowest BCUT2D eigenvalue weighted by atomic mass is 10.0. The molecule has 0 amide bonds. The first kappa shape index (κ1) is 14.3. The van der Waals surface area contributed by atoms with E-state index in [0.717, 1.165) is 28.2 Å². The van der Waals surface area contributed by atoms with Gasteiger partial charge >= 0.3 is 0 Å². The monoisotopic (exact) mass is 313 g/mol. The van der Waals surface area contributed by atoms with Crippen molar-refractivity contribution in [3.63, 3.8) is 0 Å². The Morgan fingerprint density at radius 2 is 1.33 bits per heavy atom. The molecule has 2 aromatic heterocycles. The largest absolute Gasteiger partial charge is 0.265 e. The van der Waals surface area contributed by atoms with E-state index >= 15 is 0 Å². The minimum Gasteiger partial charge on any atom is -0.265 e. The van der Waals surface area contributed by atoms with E-state index in [1.54, 1.807) is 10.9 Å². The lowest BCUT2D eigenvalue weighted by Gasteiger charge is -2.09. The fourth-order valence-electron chi connectivity index (χ4n) is 2.62. The van der Waals surface area contributed by atoms with Crippen molar-refractivity contribution in [1.29, 1.82) is 0 Å². The summed E-state index contributed by atoms with van der Waals surface area (Å²) in [5.41, 5.74) is 4.42. The van der Waals surface area contributed by atoms with Gasteiger partial charge in [0, 0.05) is 24.4 Å². The van der Waals surface area contributed by atoms with Crippen molar-refractivity contribution in [2.45, 2.75) is 0 Å². The van der Waals surface area contributed by atoms with Crippen molar-refractivity contribution in [3.05, 3.63) is 72.9 Å². The third-order valence-corrected chi connectivity index (χ3v) is 3.83. The van der Waals surface area contributed by atoms with Gasteiger partial charge in [-0.2, -0.15) is 5.10 Å².